The summed E-state index contributed by atoms with van der Waals surface area (Å²) in [5, 5.41) is 4.00. The summed E-state index contributed by atoms with van der Waals surface area (Å²) in [4.78, 5) is 52.4. The van der Waals surface area contributed by atoms with E-state index in [0.717, 1.165) is 30.5 Å². The minimum absolute atomic E-state index is 0.110. The van der Waals surface area contributed by atoms with Crippen molar-refractivity contribution in [3.05, 3.63) is 116 Å². The van der Waals surface area contributed by atoms with Crippen molar-refractivity contribution in [2.45, 2.75) is 50.6 Å². The van der Waals surface area contributed by atoms with Crippen LogP contribution in [0.4, 0.5) is 13.2 Å². The number of aromatic amines is 1. The first-order chi connectivity index (χ1) is 23.3. The Bertz CT molecular complexity index is 2140. The van der Waals surface area contributed by atoms with Gasteiger partial charge in [-0.1, -0.05) is 23.4 Å². The SMILES string of the molecule is O=C(c1ccc(-c2c3c(nc(CCc4ccc(F)cc4)c2-c2noc(=O)[nH]2)[C@@H]2CCCN2C3=O)s1)N1CCC[C@H]1c1ccc(F)c(F)c1. The second-order valence-corrected chi connectivity index (χ2v) is 13.4. The lowest BCUT2D eigenvalue weighted by Crippen LogP contribution is -2.30. The van der Waals surface area contributed by atoms with Gasteiger partial charge in [-0.25, -0.2) is 18.0 Å². The summed E-state index contributed by atoms with van der Waals surface area (Å²) in [5.41, 5.74) is 3.99. The van der Waals surface area contributed by atoms with E-state index in [-0.39, 0.29) is 29.5 Å². The van der Waals surface area contributed by atoms with Gasteiger partial charge in [0, 0.05) is 23.5 Å². The van der Waals surface area contributed by atoms with Gasteiger partial charge in [0.25, 0.3) is 11.8 Å². The summed E-state index contributed by atoms with van der Waals surface area (Å²) >= 11 is 1.20. The number of rotatable bonds is 7. The molecule has 2 aromatic carbocycles. The normalized spacial score (nSPS) is 18.5. The Morgan fingerprint density at radius 3 is 2.46 bits per heavy atom. The number of halogens is 3. The summed E-state index contributed by atoms with van der Waals surface area (Å²) in [7, 11) is 0. The number of aryl methyl sites for hydroxylation is 2. The van der Waals surface area contributed by atoms with Gasteiger partial charge < -0.3 is 9.80 Å². The largest absolute Gasteiger partial charge is 0.439 e. The van der Waals surface area contributed by atoms with Crippen molar-refractivity contribution >= 4 is 23.2 Å². The molecule has 0 spiro atoms. The van der Waals surface area contributed by atoms with Gasteiger partial charge in [-0.05, 0) is 86.1 Å². The standard InChI is InChI=1S/C35H28F3N5O4S/c36-20-9-5-18(6-10-20)7-12-23-28(32-40-35(46)47-41-32)29(30-31(39-23)25-4-2-16-43(25)34(30)45)26-13-14-27(48-26)33(44)42-15-1-3-24(42)19-8-11-21(37)22(38)17-19/h5-6,8-11,13-14,17,24-25H,1-4,7,12,15-16H2,(H,40,41,46)/t24-,25-/m0/s1. The third-order valence-electron chi connectivity index (χ3n) is 9.49. The topological polar surface area (TPSA) is 112 Å². The number of thiophene rings is 1. The quantitative estimate of drug-likeness (QED) is 0.208. The lowest BCUT2D eigenvalue weighted by Gasteiger charge is -2.24. The molecule has 244 valence electrons. The number of amides is 2. The molecule has 2 saturated heterocycles. The number of hydrogen-bond donors (Lipinski definition) is 1. The highest BCUT2D eigenvalue weighted by molar-refractivity contribution is 7.17. The Balaban J connectivity index is 1.24. The smallest absolute Gasteiger partial charge is 0.331 e. The zero-order valence-corrected chi connectivity index (χ0v) is 26.3. The molecule has 0 saturated carbocycles. The maximum Gasteiger partial charge on any atom is 0.439 e. The van der Waals surface area contributed by atoms with Gasteiger partial charge in [0.2, 0.25) is 0 Å². The zero-order valence-electron chi connectivity index (χ0n) is 25.5. The van der Waals surface area contributed by atoms with Crippen LogP contribution < -0.4 is 5.76 Å². The number of fused-ring (bicyclic) bond motifs is 3. The Morgan fingerprint density at radius 1 is 0.896 bits per heavy atom. The summed E-state index contributed by atoms with van der Waals surface area (Å²) in [5.74, 6) is -3.35. The van der Waals surface area contributed by atoms with E-state index in [1.807, 2.05) is 4.90 Å². The second-order valence-electron chi connectivity index (χ2n) is 12.3. The predicted octanol–water partition coefficient (Wildman–Crippen LogP) is 6.62. The number of hydrogen-bond acceptors (Lipinski definition) is 7. The lowest BCUT2D eigenvalue weighted by atomic mass is 9.93. The molecular formula is C35H28F3N5O4S. The van der Waals surface area contributed by atoms with Crippen molar-refractivity contribution < 1.29 is 27.3 Å². The van der Waals surface area contributed by atoms with Gasteiger partial charge >= 0.3 is 5.76 Å². The van der Waals surface area contributed by atoms with Gasteiger partial charge in [-0.15, -0.1) is 11.3 Å². The van der Waals surface area contributed by atoms with E-state index < -0.39 is 23.4 Å². The van der Waals surface area contributed by atoms with Crippen LogP contribution in [0.5, 0.6) is 0 Å². The van der Waals surface area contributed by atoms with Crippen LogP contribution in [0.25, 0.3) is 21.8 Å². The van der Waals surface area contributed by atoms with Crippen LogP contribution in [0, 0.1) is 17.5 Å². The first kappa shape index (κ1) is 30.3. The monoisotopic (exact) mass is 671 g/mol. The minimum atomic E-state index is -0.962. The highest BCUT2D eigenvalue weighted by Gasteiger charge is 2.45. The minimum Gasteiger partial charge on any atom is -0.331 e. The molecule has 3 aliphatic rings. The molecule has 9 nitrogen and oxygen atoms in total. The average Bonchev–Trinajstić information content (AvgIpc) is 3.93. The second kappa shape index (κ2) is 11.9. The van der Waals surface area contributed by atoms with E-state index in [4.69, 9.17) is 9.51 Å². The molecule has 0 unspecified atom stereocenters. The van der Waals surface area contributed by atoms with Crippen LogP contribution >= 0.6 is 11.3 Å². The van der Waals surface area contributed by atoms with Crippen molar-refractivity contribution in [1.29, 1.82) is 0 Å². The van der Waals surface area contributed by atoms with Crippen molar-refractivity contribution in [2.24, 2.45) is 0 Å². The number of pyridine rings is 1. The van der Waals surface area contributed by atoms with Crippen molar-refractivity contribution in [3.63, 3.8) is 0 Å². The summed E-state index contributed by atoms with van der Waals surface area (Å²) < 4.78 is 46.3. The molecule has 2 amide bonds. The number of likely N-dealkylation sites (tertiary alicyclic amines) is 1. The number of nitrogens with one attached hydrogen (secondary N) is 1. The molecule has 3 aromatic heterocycles. The molecule has 0 bridgehead atoms. The average molecular weight is 672 g/mol. The fraction of sp³-hybridized carbons (Fsp3) is 0.286. The number of H-pyrrole nitrogens is 1. The Kier molecular flexibility index (Phi) is 7.50. The molecule has 6 heterocycles. The zero-order chi connectivity index (χ0) is 33.1. The fourth-order valence-electron chi connectivity index (χ4n) is 7.29. The Morgan fingerprint density at radius 2 is 1.69 bits per heavy atom. The molecule has 8 rings (SSSR count). The predicted molar refractivity (Wildman–Crippen MR) is 170 cm³/mol. The van der Waals surface area contributed by atoms with Crippen LogP contribution in [0.15, 0.2) is 63.9 Å². The van der Waals surface area contributed by atoms with Crippen molar-refractivity contribution in [1.82, 2.24) is 24.9 Å². The molecule has 2 atom stereocenters. The van der Waals surface area contributed by atoms with E-state index in [0.29, 0.717) is 82.2 Å². The summed E-state index contributed by atoms with van der Waals surface area (Å²) in [6.45, 7) is 1.04. The number of aromatic nitrogens is 3. The van der Waals surface area contributed by atoms with E-state index in [1.165, 1.54) is 29.5 Å². The van der Waals surface area contributed by atoms with E-state index in [9.17, 15) is 27.6 Å². The number of carbonyl (C=O) groups excluding carboxylic acids is 2. The first-order valence-corrected chi connectivity index (χ1v) is 16.6. The molecule has 13 heteroatoms. The third-order valence-corrected chi connectivity index (χ3v) is 10.6. The maximum absolute atomic E-state index is 14.1. The molecule has 5 aromatic rings. The van der Waals surface area contributed by atoms with Crippen LogP contribution in [0.3, 0.4) is 0 Å². The van der Waals surface area contributed by atoms with Gasteiger partial charge in [0.05, 0.1) is 39.5 Å². The highest BCUT2D eigenvalue weighted by Crippen LogP contribution is 2.49. The van der Waals surface area contributed by atoms with Gasteiger partial charge in [-0.3, -0.25) is 24.1 Å². The van der Waals surface area contributed by atoms with Gasteiger partial charge in [0.1, 0.15) is 5.82 Å². The van der Waals surface area contributed by atoms with Crippen LogP contribution in [-0.4, -0.2) is 49.8 Å². The third kappa shape index (κ3) is 5.13. The summed E-state index contributed by atoms with van der Waals surface area (Å²) in [6, 6.07) is 12.8. The fourth-order valence-corrected chi connectivity index (χ4v) is 8.31. The van der Waals surface area contributed by atoms with Gasteiger partial charge in [0.15, 0.2) is 17.5 Å². The molecule has 0 aliphatic carbocycles. The van der Waals surface area contributed by atoms with Crippen LogP contribution in [0.2, 0.25) is 0 Å². The molecular weight excluding hydrogens is 643 g/mol. The van der Waals surface area contributed by atoms with E-state index in [1.54, 1.807) is 29.2 Å². The van der Waals surface area contributed by atoms with Crippen molar-refractivity contribution in [2.75, 3.05) is 13.1 Å². The van der Waals surface area contributed by atoms with Crippen LogP contribution in [-0.2, 0) is 12.8 Å². The van der Waals surface area contributed by atoms with Gasteiger partial charge in [-0.2, -0.15) is 0 Å². The number of carbonyl (C=O) groups is 2. The summed E-state index contributed by atoms with van der Waals surface area (Å²) in [6.07, 6.45) is 3.81. The van der Waals surface area contributed by atoms with E-state index >= 15 is 0 Å². The molecule has 48 heavy (non-hydrogen) atoms. The molecule has 1 N–H and O–H groups in total. The number of benzene rings is 2. The van der Waals surface area contributed by atoms with Crippen LogP contribution in [0.1, 0.15) is 80.3 Å². The molecule has 3 aliphatic heterocycles. The lowest BCUT2D eigenvalue weighted by molar-refractivity contribution is 0.0738. The number of nitrogens with zero attached hydrogens (tertiary/aromatic N) is 4. The first-order valence-electron chi connectivity index (χ1n) is 15.8. The van der Waals surface area contributed by atoms with E-state index in [2.05, 4.69) is 10.1 Å². The Hall–Kier alpha value is -5.04. The maximum atomic E-state index is 14.1. The highest BCUT2D eigenvalue weighted by atomic mass is 32.1. The molecule has 0 radical (unpaired) electrons. The molecule has 2 fully saturated rings. The Labute approximate surface area is 276 Å². The van der Waals surface area contributed by atoms with Crippen molar-refractivity contribution in [3.8, 4) is 21.8 Å².